The SMILES string of the molecule is CCCC1(C(C)C)C(=O)Nc2ccc(C(F)(F)F)cc21. The minimum absolute atomic E-state index is 0.0628. The molecule has 1 aromatic carbocycles. The molecule has 2 nitrogen and oxygen atoms in total. The molecule has 0 saturated carbocycles. The zero-order valence-electron chi connectivity index (χ0n) is 11.8. The molecule has 0 spiro atoms. The van der Waals surface area contributed by atoms with Gasteiger partial charge in [-0.15, -0.1) is 0 Å². The number of nitrogens with one attached hydrogen (secondary N) is 1. The van der Waals surface area contributed by atoms with Gasteiger partial charge in [-0.2, -0.15) is 13.2 Å². The largest absolute Gasteiger partial charge is 0.416 e. The summed E-state index contributed by atoms with van der Waals surface area (Å²) < 4.78 is 38.7. The van der Waals surface area contributed by atoms with E-state index >= 15 is 0 Å². The molecule has 5 heteroatoms. The van der Waals surface area contributed by atoms with Crippen molar-refractivity contribution < 1.29 is 18.0 Å². The van der Waals surface area contributed by atoms with Crippen LogP contribution < -0.4 is 5.32 Å². The molecule has 1 aliphatic rings. The van der Waals surface area contributed by atoms with Gasteiger partial charge < -0.3 is 5.32 Å². The van der Waals surface area contributed by atoms with Gasteiger partial charge in [-0.3, -0.25) is 4.79 Å². The van der Waals surface area contributed by atoms with E-state index in [0.717, 1.165) is 18.6 Å². The second-order valence-corrected chi connectivity index (χ2v) is 5.59. The Morgan fingerprint density at radius 2 is 1.95 bits per heavy atom. The number of fused-ring (bicyclic) bond motifs is 1. The quantitative estimate of drug-likeness (QED) is 0.878. The number of carbonyl (C=O) groups is 1. The van der Waals surface area contributed by atoms with Crippen LogP contribution >= 0.6 is 0 Å². The third-order valence-electron chi connectivity index (χ3n) is 4.11. The van der Waals surface area contributed by atoms with Crippen molar-refractivity contribution >= 4 is 11.6 Å². The molecule has 1 amide bonds. The summed E-state index contributed by atoms with van der Waals surface area (Å²) in [6, 6.07) is 3.50. The lowest BCUT2D eigenvalue weighted by atomic mass is 9.69. The van der Waals surface area contributed by atoms with E-state index < -0.39 is 17.2 Å². The molecular formula is C15H18F3NO. The molecule has 1 aromatic rings. The Labute approximate surface area is 116 Å². The summed E-state index contributed by atoms with van der Waals surface area (Å²) in [6.45, 7) is 5.69. The number of benzene rings is 1. The molecule has 2 rings (SSSR count). The molecular weight excluding hydrogens is 267 g/mol. The third kappa shape index (κ3) is 2.09. The van der Waals surface area contributed by atoms with Crippen molar-refractivity contribution in [2.75, 3.05) is 5.32 Å². The maximum Gasteiger partial charge on any atom is 0.416 e. The Morgan fingerprint density at radius 1 is 1.30 bits per heavy atom. The van der Waals surface area contributed by atoms with E-state index in [1.165, 1.54) is 6.07 Å². The molecule has 0 saturated heterocycles. The summed E-state index contributed by atoms with van der Waals surface area (Å²) in [4.78, 5) is 12.4. The lowest BCUT2D eigenvalue weighted by Gasteiger charge is -2.31. The van der Waals surface area contributed by atoms with Crippen molar-refractivity contribution in [3.63, 3.8) is 0 Å². The van der Waals surface area contributed by atoms with Crippen molar-refractivity contribution in [1.82, 2.24) is 0 Å². The number of amides is 1. The number of rotatable bonds is 3. The fraction of sp³-hybridized carbons (Fsp3) is 0.533. The van der Waals surface area contributed by atoms with E-state index in [4.69, 9.17) is 0 Å². The molecule has 0 bridgehead atoms. The smallest absolute Gasteiger partial charge is 0.325 e. The Hall–Kier alpha value is -1.52. The number of halogens is 3. The van der Waals surface area contributed by atoms with Gasteiger partial charge in [0, 0.05) is 5.69 Å². The van der Waals surface area contributed by atoms with Crippen molar-refractivity contribution in [3.05, 3.63) is 29.3 Å². The highest BCUT2D eigenvalue weighted by Gasteiger charge is 2.49. The van der Waals surface area contributed by atoms with E-state index in [0.29, 0.717) is 17.7 Å². The highest BCUT2D eigenvalue weighted by molar-refractivity contribution is 6.06. The van der Waals surface area contributed by atoms with Crippen molar-refractivity contribution in [2.45, 2.75) is 45.2 Å². The first-order valence-electron chi connectivity index (χ1n) is 6.76. The summed E-state index contributed by atoms with van der Waals surface area (Å²) in [5.74, 6) is -0.254. The molecule has 0 aliphatic carbocycles. The minimum atomic E-state index is -4.39. The highest BCUT2D eigenvalue weighted by Crippen LogP contribution is 2.47. The molecule has 1 atom stereocenters. The second-order valence-electron chi connectivity index (χ2n) is 5.59. The van der Waals surface area contributed by atoms with Gasteiger partial charge in [0.2, 0.25) is 5.91 Å². The Morgan fingerprint density at radius 3 is 2.45 bits per heavy atom. The fourth-order valence-corrected chi connectivity index (χ4v) is 3.06. The topological polar surface area (TPSA) is 29.1 Å². The van der Waals surface area contributed by atoms with Gasteiger partial charge >= 0.3 is 6.18 Å². The molecule has 1 aliphatic heterocycles. The lowest BCUT2D eigenvalue weighted by Crippen LogP contribution is -2.39. The van der Waals surface area contributed by atoms with Gasteiger partial charge in [0.25, 0.3) is 0 Å². The predicted molar refractivity (Wildman–Crippen MR) is 71.5 cm³/mol. The van der Waals surface area contributed by atoms with Gasteiger partial charge in [-0.25, -0.2) is 0 Å². The number of carbonyl (C=O) groups excluding carboxylic acids is 1. The average molecular weight is 285 g/mol. The van der Waals surface area contributed by atoms with E-state index in [9.17, 15) is 18.0 Å². The summed E-state index contributed by atoms with van der Waals surface area (Å²) in [6.07, 6.45) is -3.11. The molecule has 0 radical (unpaired) electrons. The Balaban J connectivity index is 2.62. The van der Waals surface area contributed by atoms with Crippen LogP contribution in [0.3, 0.4) is 0 Å². The van der Waals surface area contributed by atoms with Gasteiger partial charge in [0.15, 0.2) is 0 Å². The van der Waals surface area contributed by atoms with Crippen LogP contribution in [0, 0.1) is 5.92 Å². The third-order valence-corrected chi connectivity index (χ3v) is 4.11. The normalized spacial score (nSPS) is 22.1. The number of hydrogen-bond acceptors (Lipinski definition) is 1. The Kier molecular flexibility index (Phi) is 3.56. The summed E-state index contributed by atoms with van der Waals surface area (Å²) in [5.41, 5.74) is -0.570. The fourth-order valence-electron chi connectivity index (χ4n) is 3.06. The van der Waals surface area contributed by atoms with E-state index in [-0.39, 0.29) is 11.8 Å². The lowest BCUT2D eigenvalue weighted by molar-refractivity contribution is -0.137. The van der Waals surface area contributed by atoms with Crippen LogP contribution in [0.1, 0.15) is 44.7 Å². The van der Waals surface area contributed by atoms with Crippen LogP contribution in [-0.2, 0) is 16.4 Å². The van der Waals surface area contributed by atoms with Gasteiger partial charge in [-0.1, -0.05) is 27.2 Å². The predicted octanol–water partition coefficient (Wildman–Crippen LogP) is 4.35. The zero-order valence-corrected chi connectivity index (χ0v) is 11.8. The van der Waals surface area contributed by atoms with Crippen molar-refractivity contribution in [1.29, 1.82) is 0 Å². The Bertz CT molecular complexity index is 536. The number of anilines is 1. The van der Waals surface area contributed by atoms with Crippen LogP contribution in [0.2, 0.25) is 0 Å². The molecule has 0 aromatic heterocycles. The first kappa shape index (κ1) is 14.9. The average Bonchev–Trinajstić information content (AvgIpc) is 2.62. The van der Waals surface area contributed by atoms with Crippen LogP contribution in [0.15, 0.2) is 18.2 Å². The van der Waals surface area contributed by atoms with Crippen LogP contribution in [0.25, 0.3) is 0 Å². The first-order chi connectivity index (χ1) is 9.23. The summed E-state index contributed by atoms with van der Waals surface area (Å²) >= 11 is 0. The molecule has 1 unspecified atom stereocenters. The van der Waals surface area contributed by atoms with Gasteiger partial charge in [0.05, 0.1) is 11.0 Å². The molecule has 1 N–H and O–H groups in total. The number of hydrogen-bond donors (Lipinski definition) is 1. The van der Waals surface area contributed by atoms with Crippen LogP contribution in [0.5, 0.6) is 0 Å². The standard InChI is InChI=1S/C15H18F3NO/c1-4-7-14(9(2)3)11-8-10(15(16,17)18)5-6-12(11)19-13(14)20/h5-6,8-9H,4,7H2,1-3H3,(H,19,20). The molecule has 1 heterocycles. The van der Waals surface area contributed by atoms with Gasteiger partial charge in [-0.05, 0) is 36.1 Å². The van der Waals surface area contributed by atoms with E-state index in [1.54, 1.807) is 0 Å². The molecule has 20 heavy (non-hydrogen) atoms. The zero-order chi connectivity index (χ0) is 15.1. The second kappa shape index (κ2) is 4.79. The molecule has 110 valence electrons. The molecule has 0 fully saturated rings. The minimum Gasteiger partial charge on any atom is -0.325 e. The van der Waals surface area contributed by atoms with E-state index in [1.807, 2.05) is 20.8 Å². The number of alkyl halides is 3. The summed E-state index contributed by atoms with van der Waals surface area (Å²) in [7, 11) is 0. The van der Waals surface area contributed by atoms with Crippen LogP contribution in [0.4, 0.5) is 18.9 Å². The van der Waals surface area contributed by atoms with Crippen molar-refractivity contribution in [3.8, 4) is 0 Å². The maximum atomic E-state index is 12.9. The van der Waals surface area contributed by atoms with Gasteiger partial charge in [0.1, 0.15) is 0 Å². The first-order valence-corrected chi connectivity index (χ1v) is 6.76. The maximum absolute atomic E-state index is 12.9. The summed E-state index contributed by atoms with van der Waals surface area (Å²) in [5, 5.41) is 2.73. The van der Waals surface area contributed by atoms with Crippen molar-refractivity contribution in [2.24, 2.45) is 5.92 Å². The monoisotopic (exact) mass is 285 g/mol. The van der Waals surface area contributed by atoms with E-state index in [2.05, 4.69) is 5.32 Å². The van der Waals surface area contributed by atoms with Crippen LogP contribution in [-0.4, -0.2) is 5.91 Å². The highest BCUT2D eigenvalue weighted by atomic mass is 19.4.